The van der Waals surface area contributed by atoms with Crippen LogP contribution in [0.1, 0.15) is 12.5 Å². The molecule has 8 heteroatoms. The van der Waals surface area contributed by atoms with Crippen LogP contribution in [0.3, 0.4) is 0 Å². The molecule has 0 aliphatic rings. The van der Waals surface area contributed by atoms with Crippen LogP contribution in [0.15, 0.2) is 78.9 Å². The second-order valence-electron chi connectivity index (χ2n) is 7.45. The molecule has 3 N–H and O–H groups in total. The fourth-order valence-electron chi connectivity index (χ4n) is 3.21. The Morgan fingerprint density at radius 3 is 2.24 bits per heavy atom. The Labute approximate surface area is 197 Å². The Bertz CT molecular complexity index is 1120. The molecule has 0 radical (unpaired) electrons. The van der Waals surface area contributed by atoms with E-state index in [0.29, 0.717) is 22.1 Å². The summed E-state index contributed by atoms with van der Waals surface area (Å²) in [5, 5.41) is 8.60. The molecule has 0 heterocycles. The number of para-hydroxylation sites is 1. The van der Waals surface area contributed by atoms with Crippen LogP contribution in [0.25, 0.3) is 0 Å². The van der Waals surface area contributed by atoms with Gasteiger partial charge in [0.25, 0.3) is 0 Å². The zero-order valence-electron chi connectivity index (χ0n) is 18.3. The molecule has 1 atom stereocenters. The van der Waals surface area contributed by atoms with Crippen molar-refractivity contribution >= 4 is 46.5 Å². The first kappa shape index (κ1) is 23.8. The number of nitrogens with one attached hydrogen (secondary N) is 3. The van der Waals surface area contributed by atoms with Crippen LogP contribution < -0.4 is 20.9 Å². The second kappa shape index (κ2) is 11.2. The normalized spacial score (nSPS) is 11.2. The SMILES string of the molecule is Cc1cccc(NC(=O)NCC(=O)N(c2ccccc2)C(C)C(=O)Nc2ccc(Cl)cc2)c1. The van der Waals surface area contributed by atoms with Crippen LogP contribution in [0.2, 0.25) is 5.02 Å². The van der Waals surface area contributed by atoms with Crippen LogP contribution in [-0.4, -0.2) is 30.4 Å². The van der Waals surface area contributed by atoms with Crippen molar-refractivity contribution in [1.82, 2.24) is 5.32 Å². The van der Waals surface area contributed by atoms with Gasteiger partial charge >= 0.3 is 6.03 Å². The lowest BCUT2D eigenvalue weighted by molar-refractivity contribution is -0.122. The van der Waals surface area contributed by atoms with Crippen molar-refractivity contribution in [3.05, 3.63) is 89.4 Å². The van der Waals surface area contributed by atoms with E-state index in [-0.39, 0.29) is 12.5 Å². The highest BCUT2D eigenvalue weighted by molar-refractivity contribution is 6.30. The Balaban J connectivity index is 1.69. The quantitative estimate of drug-likeness (QED) is 0.467. The van der Waals surface area contributed by atoms with Gasteiger partial charge in [0, 0.05) is 22.1 Å². The molecule has 4 amide bonds. The van der Waals surface area contributed by atoms with Gasteiger partial charge in [0.05, 0.1) is 6.54 Å². The summed E-state index contributed by atoms with van der Waals surface area (Å²) in [5.41, 5.74) is 2.73. The number of anilines is 3. The van der Waals surface area contributed by atoms with E-state index >= 15 is 0 Å². The minimum absolute atomic E-state index is 0.287. The number of nitrogens with zero attached hydrogens (tertiary/aromatic N) is 1. The molecule has 0 aliphatic heterocycles. The van der Waals surface area contributed by atoms with E-state index in [9.17, 15) is 14.4 Å². The summed E-state index contributed by atoms with van der Waals surface area (Å²) in [6.45, 7) is 3.26. The molecule has 3 aromatic rings. The highest BCUT2D eigenvalue weighted by Gasteiger charge is 2.27. The average Bonchev–Trinajstić information content (AvgIpc) is 2.80. The maximum absolute atomic E-state index is 13.1. The van der Waals surface area contributed by atoms with E-state index in [1.807, 2.05) is 31.2 Å². The standard InChI is InChI=1S/C25H25ClN4O3/c1-17-7-6-8-21(15-17)29-25(33)27-16-23(31)30(22-9-4-3-5-10-22)18(2)24(32)28-20-13-11-19(26)12-14-20/h3-15,18H,16H2,1-2H3,(H,28,32)(H2,27,29,33). The molecule has 3 rings (SSSR count). The topological polar surface area (TPSA) is 90.5 Å². The minimum atomic E-state index is -0.836. The van der Waals surface area contributed by atoms with Crippen molar-refractivity contribution in [2.75, 3.05) is 22.1 Å². The third kappa shape index (κ3) is 6.82. The van der Waals surface area contributed by atoms with Gasteiger partial charge in [-0.25, -0.2) is 4.79 Å². The summed E-state index contributed by atoms with van der Waals surface area (Å²) in [7, 11) is 0. The van der Waals surface area contributed by atoms with Gasteiger partial charge in [0.2, 0.25) is 11.8 Å². The molecule has 170 valence electrons. The van der Waals surface area contributed by atoms with Crippen LogP contribution >= 0.6 is 11.6 Å². The van der Waals surface area contributed by atoms with Gasteiger partial charge in [-0.05, 0) is 67.9 Å². The molecule has 0 aliphatic carbocycles. The predicted octanol–water partition coefficient (Wildman–Crippen LogP) is 4.83. The van der Waals surface area contributed by atoms with Gasteiger partial charge in [-0.15, -0.1) is 0 Å². The fourth-order valence-corrected chi connectivity index (χ4v) is 3.33. The number of benzene rings is 3. The number of amides is 4. The first-order chi connectivity index (χ1) is 15.8. The highest BCUT2D eigenvalue weighted by Crippen LogP contribution is 2.19. The lowest BCUT2D eigenvalue weighted by Gasteiger charge is -2.28. The van der Waals surface area contributed by atoms with Gasteiger partial charge in [-0.1, -0.05) is 41.9 Å². The number of carbonyl (C=O) groups excluding carboxylic acids is 3. The number of urea groups is 1. The van der Waals surface area contributed by atoms with E-state index in [0.717, 1.165) is 5.56 Å². The number of aryl methyl sites for hydroxylation is 1. The molecule has 0 spiro atoms. The van der Waals surface area contributed by atoms with Gasteiger partial charge in [-0.2, -0.15) is 0 Å². The first-order valence-electron chi connectivity index (χ1n) is 10.4. The Morgan fingerprint density at radius 1 is 0.879 bits per heavy atom. The van der Waals surface area contributed by atoms with Gasteiger partial charge in [0.1, 0.15) is 6.04 Å². The molecule has 33 heavy (non-hydrogen) atoms. The number of hydrogen-bond donors (Lipinski definition) is 3. The monoisotopic (exact) mass is 464 g/mol. The zero-order valence-corrected chi connectivity index (χ0v) is 19.1. The number of carbonyl (C=O) groups is 3. The van der Waals surface area contributed by atoms with Crippen LogP contribution in [0.4, 0.5) is 21.9 Å². The molecule has 0 saturated carbocycles. The summed E-state index contributed by atoms with van der Waals surface area (Å²) in [6.07, 6.45) is 0. The van der Waals surface area contributed by atoms with E-state index in [1.54, 1.807) is 61.5 Å². The van der Waals surface area contributed by atoms with E-state index < -0.39 is 18.0 Å². The van der Waals surface area contributed by atoms with Gasteiger partial charge in [-0.3, -0.25) is 14.5 Å². The smallest absolute Gasteiger partial charge is 0.319 e. The summed E-state index contributed by atoms with van der Waals surface area (Å²) >= 11 is 5.90. The van der Waals surface area contributed by atoms with E-state index in [2.05, 4.69) is 16.0 Å². The number of hydrogen-bond acceptors (Lipinski definition) is 3. The largest absolute Gasteiger partial charge is 0.329 e. The maximum Gasteiger partial charge on any atom is 0.319 e. The van der Waals surface area contributed by atoms with Gasteiger partial charge in [0.15, 0.2) is 0 Å². The van der Waals surface area contributed by atoms with Crippen molar-refractivity contribution < 1.29 is 14.4 Å². The third-order valence-electron chi connectivity index (χ3n) is 4.86. The Kier molecular flexibility index (Phi) is 8.05. The molecule has 0 saturated heterocycles. The lowest BCUT2D eigenvalue weighted by atomic mass is 10.2. The summed E-state index contributed by atoms with van der Waals surface area (Å²) in [4.78, 5) is 39.6. The van der Waals surface area contributed by atoms with Crippen molar-refractivity contribution in [3.8, 4) is 0 Å². The zero-order chi connectivity index (χ0) is 23.8. The van der Waals surface area contributed by atoms with Gasteiger partial charge < -0.3 is 16.0 Å². The predicted molar refractivity (Wildman–Crippen MR) is 132 cm³/mol. The number of halogens is 1. The second-order valence-corrected chi connectivity index (χ2v) is 7.89. The Morgan fingerprint density at radius 2 is 1.58 bits per heavy atom. The minimum Gasteiger partial charge on any atom is -0.329 e. The van der Waals surface area contributed by atoms with Crippen molar-refractivity contribution in [3.63, 3.8) is 0 Å². The summed E-state index contributed by atoms with van der Waals surface area (Å²) in [5.74, 6) is -0.807. The molecule has 0 fully saturated rings. The van der Waals surface area contributed by atoms with E-state index in [1.165, 1.54) is 4.90 Å². The molecule has 7 nitrogen and oxygen atoms in total. The molecule has 0 bridgehead atoms. The number of rotatable bonds is 7. The molecular weight excluding hydrogens is 440 g/mol. The maximum atomic E-state index is 13.1. The van der Waals surface area contributed by atoms with E-state index in [4.69, 9.17) is 11.6 Å². The molecule has 3 aromatic carbocycles. The molecule has 1 unspecified atom stereocenters. The summed E-state index contributed by atoms with van der Waals surface area (Å²) < 4.78 is 0. The van der Waals surface area contributed by atoms with Crippen molar-refractivity contribution in [1.29, 1.82) is 0 Å². The van der Waals surface area contributed by atoms with Crippen molar-refractivity contribution in [2.45, 2.75) is 19.9 Å². The Hall–Kier alpha value is -3.84. The first-order valence-corrected chi connectivity index (χ1v) is 10.8. The van der Waals surface area contributed by atoms with Crippen LogP contribution in [-0.2, 0) is 9.59 Å². The highest BCUT2D eigenvalue weighted by atomic mass is 35.5. The third-order valence-corrected chi connectivity index (χ3v) is 5.11. The lowest BCUT2D eigenvalue weighted by Crippen LogP contribution is -2.50. The van der Waals surface area contributed by atoms with Crippen molar-refractivity contribution in [2.24, 2.45) is 0 Å². The van der Waals surface area contributed by atoms with Crippen LogP contribution in [0, 0.1) is 6.92 Å². The average molecular weight is 465 g/mol. The fraction of sp³-hybridized carbons (Fsp3) is 0.160. The summed E-state index contributed by atoms with van der Waals surface area (Å²) in [6, 6.07) is 21.5. The molecule has 0 aromatic heterocycles. The molecular formula is C25H25ClN4O3. The van der Waals surface area contributed by atoms with Crippen LogP contribution in [0.5, 0.6) is 0 Å².